The SMILES string of the molecule is N#Cc1ccc(Cc2ccnc(Oc3cc4c(cc3F)C(=O)CCO4)c2)cc1. The van der Waals surface area contributed by atoms with E-state index in [1.54, 1.807) is 24.4 Å². The molecule has 0 amide bonds. The van der Waals surface area contributed by atoms with Gasteiger partial charge in [0, 0.05) is 24.8 Å². The Morgan fingerprint density at radius 3 is 2.75 bits per heavy atom. The summed E-state index contributed by atoms with van der Waals surface area (Å²) in [6, 6.07) is 15.5. The first-order valence-electron chi connectivity index (χ1n) is 8.74. The van der Waals surface area contributed by atoms with Crippen molar-refractivity contribution in [3.8, 4) is 23.4 Å². The predicted molar refractivity (Wildman–Crippen MR) is 99.1 cm³/mol. The van der Waals surface area contributed by atoms with Crippen LogP contribution in [0.3, 0.4) is 0 Å². The zero-order valence-electron chi connectivity index (χ0n) is 14.8. The number of pyridine rings is 1. The van der Waals surface area contributed by atoms with Crippen molar-refractivity contribution in [2.24, 2.45) is 0 Å². The highest BCUT2D eigenvalue weighted by molar-refractivity contribution is 5.99. The highest BCUT2D eigenvalue weighted by Crippen LogP contribution is 2.33. The van der Waals surface area contributed by atoms with E-state index in [-0.39, 0.29) is 36.0 Å². The lowest BCUT2D eigenvalue weighted by Gasteiger charge is -2.17. The lowest BCUT2D eigenvalue weighted by molar-refractivity contribution is 0.0932. The Morgan fingerprint density at radius 1 is 1.14 bits per heavy atom. The maximum atomic E-state index is 14.4. The van der Waals surface area contributed by atoms with Gasteiger partial charge in [-0.1, -0.05) is 12.1 Å². The molecule has 0 unspecified atom stereocenters. The van der Waals surface area contributed by atoms with Crippen LogP contribution in [0.15, 0.2) is 54.7 Å². The van der Waals surface area contributed by atoms with Crippen LogP contribution in [-0.4, -0.2) is 17.4 Å². The Balaban J connectivity index is 1.55. The number of hydrogen-bond acceptors (Lipinski definition) is 5. The molecule has 1 aromatic heterocycles. The maximum absolute atomic E-state index is 14.4. The van der Waals surface area contributed by atoms with Crippen LogP contribution in [0.4, 0.5) is 4.39 Å². The van der Waals surface area contributed by atoms with Crippen LogP contribution >= 0.6 is 0 Å². The molecule has 0 saturated carbocycles. The molecule has 3 aromatic rings. The number of benzene rings is 2. The number of Topliss-reactive ketones (excluding diaryl/α,β-unsaturated/α-hetero) is 1. The van der Waals surface area contributed by atoms with Crippen LogP contribution in [0.1, 0.15) is 33.5 Å². The molecule has 0 saturated heterocycles. The van der Waals surface area contributed by atoms with Gasteiger partial charge in [-0.05, 0) is 41.8 Å². The van der Waals surface area contributed by atoms with Crippen molar-refractivity contribution in [3.63, 3.8) is 0 Å². The van der Waals surface area contributed by atoms with Gasteiger partial charge in [-0.15, -0.1) is 0 Å². The number of ether oxygens (including phenoxy) is 2. The molecule has 0 radical (unpaired) electrons. The number of rotatable bonds is 4. The zero-order valence-corrected chi connectivity index (χ0v) is 14.8. The third kappa shape index (κ3) is 3.69. The Morgan fingerprint density at radius 2 is 1.96 bits per heavy atom. The molecule has 0 bridgehead atoms. The molecule has 28 heavy (non-hydrogen) atoms. The average Bonchev–Trinajstić information content (AvgIpc) is 2.70. The number of carbonyl (C=O) groups is 1. The van der Waals surface area contributed by atoms with E-state index in [9.17, 15) is 9.18 Å². The smallest absolute Gasteiger partial charge is 0.219 e. The number of fused-ring (bicyclic) bond motifs is 1. The standard InChI is InChI=1S/C22H15FN2O3/c23-18-11-17-19(26)6-8-27-20(17)12-21(18)28-22-10-16(5-7-25-22)9-14-1-3-15(13-24)4-2-14/h1-5,7,10-12H,6,8-9H2. The fourth-order valence-electron chi connectivity index (χ4n) is 3.00. The highest BCUT2D eigenvalue weighted by atomic mass is 19.1. The van der Waals surface area contributed by atoms with Crippen molar-refractivity contribution < 1.29 is 18.7 Å². The zero-order chi connectivity index (χ0) is 19.5. The molecule has 6 heteroatoms. The van der Waals surface area contributed by atoms with Gasteiger partial charge in [0.15, 0.2) is 17.3 Å². The Kier molecular flexibility index (Phi) is 4.73. The normalized spacial score (nSPS) is 12.6. The van der Waals surface area contributed by atoms with E-state index in [4.69, 9.17) is 14.7 Å². The highest BCUT2D eigenvalue weighted by Gasteiger charge is 2.22. The second-order valence-electron chi connectivity index (χ2n) is 6.39. The summed E-state index contributed by atoms with van der Waals surface area (Å²) in [5, 5.41) is 8.87. The van der Waals surface area contributed by atoms with Crippen molar-refractivity contribution in [1.29, 1.82) is 5.26 Å². The fourth-order valence-corrected chi connectivity index (χ4v) is 3.00. The molecule has 5 nitrogen and oxygen atoms in total. The molecule has 1 aliphatic rings. The molecule has 0 N–H and O–H groups in total. The van der Waals surface area contributed by atoms with Gasteiger partial charge < -0.3 is 9.47 Å². The topological polar surface area (TPSA) is 72.2 Å². The molecular weight excluding hydrogens is 359 g/mol. The first kappa shape index (κ1) is 17.7. The molecule has 4 rings (SSSR count). The van der Waals surface area contributed by atoms with Crippen molar-refractivity contribution in [2.75, 3.05) is 6.61 Å². The molecule has 0 spiro atoms. The summed E-state index contributed by atoms with van der Waals surface area (Å²) in [7, 11) is 0. The summed E-state index contributed by atoms with van der Waals surface area (Å²) in [6.07, 6.45) is 2.45. The van der Waals surface area contributed by atoms with E-state index < -0.39 is 5.82 Å². The van der Waals surface area contributed by atoms with Gasteiger partial charge in [-0.25, -0.2) is 9.37 Å². The summed E-state index contributed by atoms with van der Waals surface area (Å²) >= 11 is 0. The Hall–Kier alpha value is -3.72. The third-order valence-electron chi connectivity index (χ3n) is 4.43. The summed E-state index contributed by atoms with van der Waals surface area (Å²) in [4.78, 5) is 16.0. The summed E-state index contributed by atoms with van der Waals surface area (Å²) < 4.78 is 25.4. The van der Waals surface area contributed by atoms with Gasteiger partial charge in [0.25, 0.3) is 0 Å². The minimum absolute atomic E-state index is 0.0449. The molecule has 1 aliphatic heterocycles. The van der Waals surface area contributed by atoms with Gasteiger partial charge >= 0.3 is 0 Å². The van der Waals surface area contributed by atoms with E-state index in [0.29, 0.717) is 17.7 Å². The van der Waals surface area contributed by atoms with Gasteiger partial charge in [0.1, 0.15) is 5.75 Å². The van der Waals surface area contributed by atoms with E-state index >= 15 is 0 Å². The van der Waals surface area contributed by atoms with Crippen molar-refractivity contribution in [1.82, 2.24) is 4.98 Å². The van der Waals surface area contributed by atoms with Crippen LogP contribution in [0.2, 0.25) is 0 Å². The van der Waals surface area contributed by atoms with Crippen LogP contribution in [0.25, 0.3) is 0 Å². The lowest BCUT2D eigenvalue weighted by Crippen LogP contribution is -2.15. The van der Waals surface area contributed by atoms with Crippen LogP contribution in [0, 0.1) is 17.1 Å². The minimum Gasteiger partial charge on any atom is -0.492 e. The average molecular weight is 374 g/mol. The fraction of sp³-hybridized carbons (Fsp3) is 0.136. The Labute approximate surface area is 161 Å². The maximum Gasteiger partial charge on any atom is 0.219 e. The number of ketones is 1. The second kappa shape index (κ2) is 7.49. The van der Waals surface area contributed by atoms with Gasteiger partial charge in [-0.3, -0.25) is 4.79 Å². The number of carbonyl (C=O) groups excluding carboxylic acids is 1. The van der Waals surface area contributed by atoms with E-state index in [1.807, 2.05) is 18.2 Å². The first-order chi connectivity index (χ1) is 13.6. The van der Waals surface area contributed by atoms with Gasteiger partial charge in [0.2, 0.25) is 5.88 Å². The van der Waals surface area contributed by atoms with E-state index in [2.05, 4.69) is 11.1 Å². The molecule has 0 atom stereocenters. The van der Waals surface area contributed by atoms with Crippen molar-refractivity contribution in [2.45, 2.75) is 12.8 Å². The summed E-state index contributed by atoms with van der Waals surface area (Å²) in [6.45, 7) is 0.273. The molecular formula is C22H15FN2O3. The number of nitrogens with zero attached hydrogens (tertiary/aromatic N) is 2. The van der Waals surface area contributed by atoms with E-state index in [0.717, 1.165) is 17.2 Å². The third-order valence-corrected chi connectivity index (χ3v) is 4.43. The number of hydrogen-bond donors (Lipinski definition) is 0. The molecule has 0 fully saturated rings. The molecule has 2 heterocycles. The summed E-state index contributed by atoms with van der Waals surface area (Å²) in [5.41, 5.74) is 2.80. The molecule has 2 aromatic carbocycles. The van der Waals surface area contributed by atoms with Crippen LogP contribution in [-0.2, 0) is 6.42 Å². The predicted octanol–water partition coefficient (Wildman–Crippen LogP) is 4.44. The number of aromatic nitrogens is 1. The molecule has 0 aliphatic carbocycles. The Bertz CT molecular complexity index is 1090. The number of halogens is 1. The minimum atomic E-state index is -0.642. The van der Waals surface area contributed by atoms with Crippen LogP contribution in [0.5, 0.6) is 17.4 Å². The lowest BCUT2D eigenvalue weighted by atomic mass is 10.0. The summed E-state index contributed by atoms with van der Waals surface area (Å²) in [5.74, 6) is -0.267. The second-order valence-corrected chi connectivity index (χ2v) is 6.39. The van der Waals surface area contributed by atoms with Crippen molar-refractivity contribution in [3.05, 3.63) is 82.8 Å². The number of nitriles is 1. The van der Waals surface area contributed by atoms with E-state index in [1.165, 1.54) is 6.07 Å². The quantitative estimate of drug-likeness (QED) is 0.675. The molecule has 138 valence electrons. The van der Waals surface area contributed by atoms with Gasteiger partial charge in [-0.2, -0.15) is 5.26 Å². The van der Waals surface area contributed by atoms with Gasteiger partial charge in [0.05, 0.1) is 23.8 Å². The first-order valence-corrected chi connectivity index (χ1v) is 8.74. The monoisotopic (exact) mass is 374 g/mol. The van der Waals surface area contributed by atoms with Crippen molar-refractivity contribution >= 4 is 5.78 Å². The van der Waals surface area contributed by atoms with Crippen LogP contribution < -0.4 is 9.47 Å². The largest absolute Gasteiger partial charge is 0.492 e.